The highest BCUT2D eigenvalue weighted by Gasteiger charge is 1.99. The number of aromatic carboxylic acids is 1. The lowest BCUT2D eigenvalue weighted by Gasteiger charge is -1.95. The fraction of sp³-hybridized carbons (Fsp3) is 0.125. The number of hydrogen-bond donors (Lipinski definition) is 1. The van der Waals surface area contributed by atoms with Crippen LogP contribution in [0.2, 0.25) is 0 Å². The number of nitrogens with zero attached hydrogens (tertiary/aromatic N) is 1. The topological polar surface area (TPSA) is 50.2 Å². The minimum atomic E-state index is -0.919. The molecule has 0 atom stereocenters. The SMILES string of the molecule is O=C(O)c1ccc(C#CCCc2ccncc2)cc1. The number of carbonyl (C=O) groups is 1. The van der Waals surface area contributed by atoms with Crippen molar-refractivity contribution in [3.05, 3.63) is 65.5 Å². The molecule has 2 rings (SSSR count). The monoisotopic (exact) mass is 251 g/mol. The highest BCUT2D eigenvalue weighted by molar-refractivity contribution is 5.87. The first-order chi connectivity index (χ1) is 9.25. The third-order valence-corrected chi connectivity index (χ3v) is 2.65. The van der Waals surface area contributed by atoms with Gasteiger partial charge in [-0.3, -0.25) is 4.98 Å². The lowest BCUT2D eigenvalue weighted by atomic mass is 10.1. The Morgan fingerprint density at radius 3 is 2.42 bits per heavy atom. The van der Waals surface area contributed by atoms with E-state index in [9.17, 15) is 4.79 Å². The van der Waals surface area contributed by atoms with Gasteiger partial charge in [0, 0.05) is 24.4 Å². The van der Waals surface area contributed by atoms with Gasteiger partial charge in [-0.1, -0.05) is 11.8 Å². The normalized spacial score (nSPS) is 9.47. The zero-order valence-electron chi connectivity index (χ0n) is 10.3. The molecule has 1 N–H and O–H groups in total. The molecule has 0 spiro atoms. The van der Waals surface area contributed by atoms with Crippen LogP contribution in [-0.4, -0.2) is 16.1 Å². The average molecular weight is 251 g/mol. The van der Waals surface area contributed by atoms with E-state index in [-0.39, 0.29) is 5.56 Å². The van der Waals surface area contributed by atoms with Crippen LogP contribution in [0.4, 0.5) is 0 Å². The fourth-order valence-corrected chi connectivity index (χ4v) is 1.62. The van der Waals surface area contributed by atoms with Crippen LogP contribution < -0.4 is 0 Å². The third kappa shape index (κ3) is 3.97. The smallest absolute Gasteiger partial charge is 0.335 e. The van der Waals surface area contributed by atoms with Crippen LogP contribution in [-0.2, 0) is 6.42 Å². The highest BCUT2D eigenvalue weighted by Crippen LogP contribution is 2.04. The van der Waals surface area contributed by atoms with Crippen LogP contribution >= 0.6 is 0 Å². The predicted octanol–water partition coefficient (Wildman–Crippen LogP) is 2.76. The van der Waals surface area contributed by atoms with E-state index in [4.69, 9.17) is 5.11 Å². The van der Waals surface area contributed by atoms with E-state index in [1.165, 1.54) is 5.56 Å². The second-order valence-electron chi connectivity index (χ2n) is 4.04. The standard InChI is InChI=1S/C16H13NO2/c18-16(19)15-7-5-13(6-8-15)3-1-2-4-14-9-11-17-12-10-14/h5-12H,2,4H2,(H,18,19). The molecular weight excluding hydrogens is 238 g/mol. The Balaban J connectivity index is 1.91. The molecule has 1 heterocycles. The molecule has 0 aliphatic carbocycles. The van der Waals surface area contributed by atoms with Crippen molar-refractivity contribution in [2.75, 3.05) is 0 Å². The van der Waals surface area contributed by atoms with Crippen LogP contribution in [0.5, 0.6) is 0 Å². The molecule has 0 radical (unpaired) electrons. The van der Waals surface area contributed by atoms with E-state index >= 15 is 0 Å². The zero-order chi connectivity index (χ0) is 13.5. The molecule has 1 aromatic carbocycles. The fourth-order valence-electron chi connectivity index (χ4n) is 1.62. The van der Waals surface area contributed by atoms with E-state index in [1.54, 1.807) is 36.7 Å². The molecule has 0 saturated heterocycles. The summed E-state index contributed by atoms with van der Waals surface area (Å²) in [6.45, 7) is 0. The molecule has 0 fully saturated rings. The third-order valence-electron chi connectivity index (χ3n) is 2.65. The number of aromatic nitrogens is 1. The number of benzene rings is 1. The molecule has 19 heavy (non-hydrogen) atoms. The molecule has 0 amide bonds. The van der Waals surface area contributed by atoms with Crippen LogP contribution in [0.1, 0.15) is 27.9 Å². The number of carboxylic acids is 1. The Hall–Kier alpha value is -2.60. The summed E-state index contributed by atoms with van der Waals surface area (Å²) in [7, 11) is 0. The molecule has 0 bridgehead atoms. The number of carboxylic acid groups (broad SMARTS) is 1. The number of hydrogen-bond acceptors (Lipinski definition) is 2. The predicted molar refractivity (Wildman–Crippen MR) is 72.8 cm³/mol. The minimum Gasteiger partial charge on any atom is -0.478 e. The van der Waals surface area contributed by atoms with E-state index in [2.05, 4.69) is 16.8 Å². The van der Waals surface area contributed by atoms with Crippen molar-refractivity contribution in [2.24, 2.45) is 0 Å². The molecule has 1 aromatic heterocycles. The van der Waals surface area contributed by atoms with Crippen molar-refractivity contribution in [2.45, 2.75) is 12.8 Å². The molecule has 0 saturated carbocycles. The summed E-state index contributed by atoms with van der Waals surface area (Å²) in [6.07, 6.45) is 5.20. The van der Waals surface area contributed by atoms with Crippen LogP contribution in [0.15, 0.2) is 48.8 Å². The average Bonchev–Trinajstić information content (AvgIpc) is 2.45. The number of rotatable bonds is 3. The van der Waals surface area contributed by atoms with E-state index < -0.39 is 5.97 Å². The molecular formula is C16H13NO2. The first kappa shape index (κ1) is 12.8. The van der Waals surface area contributed by atoms with Crippen LogP contribution in [0.3, 0.4) is 0 Å². The van der Waals surface area contributed by atoms with Gasteiger partial charge in [0.1, 0.15) is 0 Å². The van der Waals surface area contributed by atoms with Gasteiger partial charge in [-0.15, -0.1) is 0 Å². The Labute approximate surface area is 111 Å². The second-order valence-corrected chi connectivity index (χ2v) is 4.04. The lowest BCUT2D eigenvalue weighted by Crippen LogP contribution is -1.94. The van der Waals surface area contributed by atoms with Crippen molar-refractivity contribution in [1.29, 1.82) is 0 Å². The first-order valence-electron chi connectivity index (χ1n) is 5.97. The molecule has 3 heteroatoms. The van der Waals surface area contributed by atoms with Gasteiger partial charge in [0.05, 0.1) is 5.56 Å². The second kappa shape index (κ2) is 6.36. The summed E-state index contributed by atoms with van der Waals surface area (Å²) in [6, 6.07) is 10.5. The van der Waals surface area contributed by atoms with Crippen molar-refractivity contribution in [1.82, 2.24) is 4.98 Å². The Bertz CT molecular complexity index is 607. The summed E-state index contributed by atoms with van der Waals surface area (Å²) in [5.74, 6) is 5.18. The van der Waals surface area contributed by atoms with Crippen molar-refractivity contribution >= 4 is 5.97 Å². The van der Waals surface area contributed by atoms with E-state index in [0.29, 0.717) is 0 Å². The maximum Gasteiger partial charge on any atom is 0.335 e. The van der Waals surface area contributed by atoms with Crippen molar-refractivity contribution in [3.8, 4) is 11.8 Å². The molecule has 0 aliphatic rings. The number of aryl methyl sites for hydroxylation is 1. The summed E-state index contributed by atoms with van der Waals surface area (Å²) in [5, 5.41) is 8.77. The van der Waals surface area contributed by atoms with E-state index in [0.717, 1.165) is 18.4 Å². The highest BCUT2D eigenvalue weighted by atomic mass is 16.4. The Morgan fingerprint density at radius 2 is 1.79 bits per heavy atom. The molecule has 2 aromatic rings. The number of pyridine rings is 1. The van der Waals surface area contributed by atoms with Crippen molar-refractivity contribution in [3.63, 3.8) is 0 Å². The van der Waals surface area contributed by atoms with Gasteiger partial charge < -0.3 is 5.11 Å². The lowest BCUT2D eigenvalue weighted by molar-refractivity contribution is 0.0697. The largest absolute Gasteiger partial charge is 0.478 e. The first-order valence-corrected chi connectivity index (χ1v) is 5.97. The minimum absolute atomic E-state index is 0.280. The molecule has 3 nitrogen and oxygen atoms in total. The van der Waals surface area contributed by atoms with Crippen molar-refractivity contribution < 1.29 is 9.90 Å². The van der Waals surface area contributed by atoms with Crippen LogP contribution in [0.25, 0.3) is 0 Å². The van der Waals surface area contributed by atoms with Crippen LogP contribution in [0, 0.1) is 11.8 Å². The van der Waals surface area contributed by atoms with Gasteiger partial charge in [0.2, 0.25) is 0 Å². The van der Waals surface area contributed by atoms with Gasteiger partial charge in [-0.25, -0.2) is 4.79 Å². The summed E-state index contributed by atoms with van der Waals surface area (Å²) in [5.41, 5.74) is 2.33. The van der Waals surface area contributed by atoms with Gasteiger partial charge in [0.15, 0.2) is 0 Å². The molecule has 0 aliphatic heterocycles. The van der Waals surface area contributed by atoms with Gasteiger partial charge in [-0.05, 0) is 48.4 Å². The maximum absolute atomic E-state index is 10.7. The molecule has 0 unspecified atom stereocenters. The molecule has 94 valence electrons. The Morgan fingerprint density at radius 1 is 1.11 bits per heavy atom. The van der Waals surface area contributed by atoms with Gasteiger partial charge in [0.25, 0.3) is 0 Å². The van der Waals surface area contributed by atoms with E-state index in [1.807, 2.05) is 12.1 Å². The Kier molecular flexibility index (Phi) is 4.30. The summed E-state index contributed by atoms with van der Waals surface area (Å²) < 4.78 is 0. The maximum atomic E-state index is 10.7. The van der Waals surface area contributed by atoms with Gasteiger partial charge >= 0.3 is 5.97 Å². The van der Waals surface area contributed by atoms with Gasteiger partial charge in [-0.2, -0.15) is 0 Å². The zero-order valence-corrected chi connectivity index (χ0v) is 10.3. The summed E-state index contributed by atoms with van der Waals surface area (Å²) in [4.78, 5) is 14.6. The quantitative estimate of drug-likeness (QED) is 0.853. The summed E-state index contributed by atoms with van der Waals surface area (Å²) >= 11 is 0.